The van der Waals surface area contributed by atoms with Crippen LogP contribution in [0.2, 0.25) is 0 Å². The van der Waals surface area contributed by atoms with E-state index in [9.17, 15) is 9.59 Å². The molecule has 5 nitrogen and oxygen atoms in total. The zero-order valence-electron chi connectivity index (χ0n) is 14.9. The van der Waals surface area contributed by atoms with Gasteiger partial charge in [0.2, 0.25) is 0 Å². The summed E-state index contributed by atoms with van der Waals surface area (Å²) in [5.74, 6) is -0.482. The van der Waals surface area contributed by atoms with Crippen molar-refractivity contribution in [3.8, 4) is 11.1 Å². The van der Waals surface area contributed by atoms with Gasteiger partial charge in [0, 0.05) is 5.92 Å². The average molecular weight is 605 g/mol. The number of amides is 1. The number of hydrogen-bond acceptors (Lipinski definition) is 4. The standard InChI is InChI=1S/C20H20NO4.Rf/c1-13(11-19(22)24-2)21-20(23)25-12-18-16-9-5-3-7-14(16)15-8-4-6-10-17(15)18;/h3-11,13,18H,12H2,1-2H3,(H,21,23);/q-1;. The van der Waals surface area contributed by atoms with Gasteiger partial charge in [-0.1, -0.05) is 61.5 Å². The summed E-state index contributed by atoms with van der Waals surface area (Å²) >= 11 is 0. The number of benzene rings is 2. The average Bonchev–Trinajstić information content (AvgIpc) is 2.93. The van der Waals surface area contributed by atoms with E-state index < -0.39 is 18.1 Å². The molecule has 6 heteroatoms. The number of esters is 1. The molecule has 1 unspecified atom stereocenters. The van der Waals surface area contributed by atoms with Crippen LogP contribution in [0, 0.1) is 6.42 Å². The van der Waals surface area contributed by atoms with E-state index in [-0.39, 0.29) is 12.5 Å². The summed E-state index contributed by atoms with van der Waals surface area (Å²) in [4.78, 5) is 23.2. The maximum atomic E-state index is 12.0. The van der Waals surface area contributed by atoms with Gasteiger partial charge in [-0.2, -0.15) is 0 Å². The monoisotopic (exact) mass is 605 g/mol. The van der Waals surface area contributed by atoms with Crippen molar-refractivity contribution < 1.29 is 19.1 Å². The molecule has 0 bridgehead atoms. The minimum absolute atomic E-state index is 0. The van der Waals surface area contributed by atoms with Crippen molar-refractivity contribution in [1.82, 2.24) is 5.32 Å². The minimum atomic E-state index is -0.561. The molecule has 0 saturated carbocycles. The summed E-state index contributed by atoms with van der Waals surface area (Å²) in [5, 5.41) is 2.60. The number of methoxy groups -OCH3 is 1. The zero-order chi connectivity index (χ0) is 17.8. The van der Waals surface area contributed by atoms with Crippen LogP contribution in [0.15, 0.2) is 48.5 Å². The SMILES string of the molecule is COC(=O)[CH-]C(C)NC(=O)OCC1c2ccccc2-c2ccccc21.[Rf]. The van der Waals surface area contributed by atoms with Gasteiger partial charge in [-0.15, -0.1) is 0 Å². The van der Waals surface area contributed by atoms with Gasteiger partial charge >= 0.3 is 6.09 Å². The van der Waals surface area contributed by atoms with Crippen molar-refractivity contribution in [1.29, 1.82) is 0 Å². The van der Waals surface area contributed by atoms with E-state index in [2.05, 4.69) is 34.3 Å². The number of nitrogens with one attached hydrogen (secondary N) is 1. The van der Waals surface area contributed by atoms with Gasteiger partial charge in [-0.25, -0.2) is 4.79 Å². The third kappa shape index (κ3) is 3.59. The Labute approximate surface area is 147 Å². The van der Waals surface area contributed by atoms with Crippen LogP contribution in [0.4, 0.5) is 4.79 Å². The molecule has 0 saturated heterocycles. The molecule has 1 N–H and O–H groups in total. The van der Waals surface area contributed by atoms with Crippen molar-refractivity contribution in [2.45, 2.75) is 18.9 Å². The Morgan fingerprint density at radius 2 is 1.62 bits per heavy atom. The normalized spacial score (nSPS) is 12.8. The van der Waals surface area contributed by atoms with Crippen molar-refractivity contribution in [3.63, 3.8) is 0 Å². The molecule has 0 fully saturated rings. The number of hydrogen-bond donors (Lipinski definition) is 1. The minimum Gasteiger partial charge on any atom is -0.491 e. The molecule has 2 aromatic carbocycles. The Balaban J connectivity index is 0.00000243. The molecule has 0 aromatic heterocycles. The number of rotatable bonds is 5. The molecular weight excluding hydrogens is 585 g/mol. The first-order chi connectivity index (χ1) is 12.1. The summed E-state index contributed by atoms with van der Waals surface area (Å²) in [6.45, 7) is 1.92. The first kappa shape index (κ1) is 18.4. The molecule has 26 heavy (non-hydrogen) atoms. The van der Waals surface area contributed by atoms with Crippen molar-refractivity contribution >= 4 is 12.1 Å². The molecule has 0 aliphatic heterocycles. The molecule has 1 amide bonds. The number of fused-ring (bicyclic) bond motifs is 3. The largest absolute Gasteiger partial charge is 0.491 e. The third-order valence-corrected chi connectivity index (χ3v) is 4.28. The van der Waals surface area contributed by atoms with E-state index in [4.69, 9.17) is 4.74 Å². The maximum absolute atomic E-state index is 12.0. The molecule has 132 valence electrons. The molecule has 1 aliphatic rings. The number of carbonyl (C=O) groups is 2. The quantitative estimate of drug-likeness (QED) is 0.420. The second-order valence-corrected chi connectivity index (χ2v) is 5.95. The van der Waals surface area contributed by atoms with Crippen LogP contribution in [0.1, 0.15) is 24.0 Å². The summed E-state index contributed by atoms with van der Waals surface area (Å²) in [7, 11) is 1.29. The van der Waals surface area contributed by atoms with E-state index >= 15 is 0 Å². The van der Waals surface area contributed by atoms with Crippen molar-refractivity contribution in [3.05, 3.63) is 66.1 Å². The van der Waals surface area contributed by atoms with E-state index in [1.54, 1.807) is 6.92 Å². The summed E-state index contributed by atoms with van der Waals surface area (Å²) in [6, 6.07) is 15.8. The maximum Gasteiger partial charge on any atom is 0.405 e. The first-order valence-corrected chi connectivity index (χ1v) is 8.14. The van der Waals surface area contributed by atoms with Crippen LogP contribution in [0.25, 0.3) is 11.1 Å². The van der Waals surface area contributed by atoms with Crippen LogP contribution >= 0.6 is 0 Å². The van der Waals surface area contributed by atoms with E-state index in [0.717, 1.165) is 11.1 Å². The Hall–Kier alpha value is -3.95. The van der Waals surface area contributed by atoms with Gasteiger partial charge in [0.1, 0.15) is 6.61 Å². The van der Waals surface area contributed by atoms with Crippen molar-refractivity contribution in [2.24, 2.45) is 0 Å². The number of carbonyl (C=O) groups excluding carboxylic acids is 2. The van der Waals surface area contributed by atoms with Crippen LogP contribution in [-0.4, -0.2) is 31.8 Å². The van der Waals surface area contributed by atoms with Gasteiger partial charge in [0.25, 0.3) is 0 Å². The van der Waals surface area contributed by atoms with Crippen molar-refractivity contribution in [2.75, 3.05) is 13.7 Å². The Morgan fingerprint density at radius 1 is 1.08 bits per heavy atom. The molecule has 3 rings (SSSR count). The first-order valence-electron chi connectivity index (χ1n) is 8.14. The fourth-order valence-corrected chi connectivity index (χ4v) is 3.14. The molecule has 0 heterocycles. The Morgan fingerprint density at radius 3 is 2.15 bits per heavy atom. The topological polar surface area (TPSA) is 64.6 Å². The Bertz CT molecular complexity index is 747. The van der Waals surface area contributed by atoms with E-state index in [1.165, 1.54) is 24.7 Å². The van der Waals surface area contributed by atoms with Gasteiger partial charge in [0.15, 0.2) is 5.97 Å². The molecular formula is C20H20NO4Rf-. The molecule has 1 aliphatic carbocycles. The van der Waals surface area contributed by atoms with E-state index in [1.807, 2.05) is 24.3 Å². The smallest absolute Gasteiger partial charge is 0.405 e. The van der Waals surface area contributed by atoms with Crippen LogP contribution < -0.4 is 5.32 Å². The van der Waals surface area contributed by atoms with Gasteiger partial charge < -0.3 is 14.8 Å². The second-order valence-electron chi connectivity index (χ2n) is 5.95. The second kappa shape index (κ2) is 7.75. The predicted molar refractivity (Wildman–Crippen MR) is 94.0 cm³/mol. The molecule has 2 aromatic rings. The molecule has 0 spiro atoms. The van der Waals surface area contributed by atoms with Gasteiger partial charge in [-0.3, -0.25) is 11.2 Å². The van der Waals surface area contributed by atoms with Crippen LogP contribution in [0.3, 0.4) is 0 Å². The fourth-order valence-electron chi connectivity index (χ4n) is 3.14. The van der Waals surface area contributed by atoms with E-state index in [0.29, 0.717) is 0 Å². The summed E-state index contributed by atoms with van der Waals surface area (Å²) in [6.07, 6.45) is 0.719. The van der Waals surface area contributed by atoms with Crippen LogP contribution in [-0.2, 0) is 14.3 Å². The Kier molecular flexibility index (Phi) is 5.48. The molecule has 0 radical (unpaired) electrons. The summed E-state index contributed by atoms with van der Waals surface area (Å²) < 4.78 is 9.94. The van der Waals surface area contributed by atoms with Crippen LogP contribution in [0.5, 0.6) is 0 Å². The third-order valence-electron chi connectivity index (χ3n) is 4.28. The predicted octanol–water partition coefficient (Wildman–Crippen LogP) is 3.29. The number of ether oxygens (including phenoxy) is 2. The molecule has 1 atom stereocenters. The summed E-state index contributed by atoms with van der Waals surface area (Å²) in [5.41, 5.74) is 4.68. The van der Waals surface area contributed by atoms with Gasteiger partial charge in [-0.05, 0) is 22.3 Å². The van der Waals surface area contributed by atoms with Gasteiger partial charge in [0.05, 0.1) is 7.11 Å². The fraction of sp³-hybridized carbons (Fsp3) is 0.250. The number of alkyl carbamates (subject to hydrolysis) is 1. The zero-order valence-corrected chi connectivity index (χ0v) is 21.3.